The summed E-state index contributed by atoms with van der Waals surface area (Å²) in [5.41, 5.74) is -0.458. The molecule has 2 fully saturated rings. The van der Waals surface area contributed by atoms with Crippen LogP contribution in [0.2, 0.25) is 0 Å². The topological polar surface area (TPSA) is 58.6 Å². The maximum Gasteiger partial charge on any atom is 0.407 e. The maximum absolute atomic E-state index is 11.6. The minimum absolute atomic E-state index is 0.116. The average molecular weight is 227 g/mol. The molecule has 2 N–H and O–H groups in total. The Kier molecular flexibility index (Phi) is 2.86. The van der Waals surface area contributed by atoms with E-state index in [9.17, 15) is 9.90 Å². The van der Waals surface area contributed by atoms with Gasteiger partial charge >= 0.3 is 6.09 Å². The molecule has 0 aliphatic heterocycles. The molecule has 0 aromatic carbocycles. The standard InChI is InChI=1S/C12H21NO3/c1-12(2,3)16-11(15)13-10-7-4-5-8(10)9(14)6-7/h7-10,14H,4-6H2,1-3H3,(H,13,15)/t7-,8+,9-,10+/m0/s1. The highest BCUT2D eigenvalue weighted by molar-refractivity contribution is 5.68. The van der Waals surface area contributed by atoms with Gasteiger partial charge in [0.05, 0.1) is 6.10 Å². The number of rotatable bonds is 1. The number of carbonyl (C=O) groups is 1. The van der Waals surface area contributed by atoms with E-state index in [1.165, 1.54) is 0 Å². The molecule has 2 saturated carbocycles. The van der Waals surface area contributed by atoms with E-state index >= 15 is 0 Å². The van der Waals surface area contributed by atoms with E-state index < -0.39 is 5.60 Å². The lowest BCUT2D eigenvalue weighted by molar-refractivity contribution is 0.0479. The number of aliphatic hydroxyl groups is 1. The molecule has 4 heteroatoms. The summed E-state index contributed by atoms with van der Waals surface area (Å²) < 4.78 is 5.23. The van der Waals surface area contributed by atoms with E-state index in [2.05, 4.69) is 5.32 Å². The van der Waals surface area contributed by atoms with Gasteiger partial charge in [-0.25, -0.2) is 4.79 Å². The van der Waals surface area contributed by atoms with Crippen molar-refractivity contribution in [2.24, 2.45) is 11.8 Å². The van der Waals surface area contributed by atoms with E-state index in [0.717, 1.165) is 19.3 Å². The van der Waals surface area contributed by atoms with Gasteiger partial charge in [0.15, 0.2) is 0 Å². The normalized spacial score (nSPS) is 37.5. The quantitative estimate of drug-likeness (QED) is 0.716. The summed E-state index contributed by atoms with van der Waals surface area (Å²) in [6.07, 6.45) is 2.36. The van der Waals surface area contributed by atoms with Gasteiger partial charge in [-0.3, -0.25) is 0 Å². The third-order valence-electron chi connectivity index (χ3n) is 3.56. The molecule has 0 unspecified atom stereocenters. The summed E-state index contributed by atoms with van der Waals surface area (Å²) in [6.45, 7) is 5.56. The van der Waals surface area contributed by atoms with Crippen LogP contribution in [0.5, 0.6) is 0 Å². The van der Waals surface area contributed by atoms with Crippen LogP contribution < -0.4 is 5.32 Å². The number of aliphatic hydroxyl groups excluding tert-OH is 1. The van der Waals surface area contributed by atoms with Crippen LogP contribution in [-0.4, -0.2) is 28.9 Å². The lowest BCUT2D eigenvalue weighted by atomic mass is 9.98. The Morgan fingerprint density at radius 1 is 1.38 bits per heavy atom. The molecule has 0 aromatic rings. The minimum atomic E-state index is -0.458. The molecule has 2 bridgehead atoms. The van der Waals surface area contributed by atoms with Crippen LogP contribution in [0.25, 0.3) is 0 Å². The monoisotopic (exact) mass is 227 g/mol. The molecule has 2 rings (SSSR count). The molecule has 1 amide bonds. The van der Waals surface area contributed by atoms with Crippen molar-refractivity contribution in [2.45, 2.75) is 57.8 Å². The summed E-state index contributed by atoms with van der Waals surface area (Å²) in [5.74, 6) is 0.671. The Morgan fingerprint density at radius 2 is 2.06 bits per heavy atom. The smallest absolute Gasteiger partial charge is 0.407 e. The van der Waals surface area contributed by atoms with Gasteiger partial charge in [0.2, 0.25) is 0 Å². The summed E-state index contributed by atoms with van der Waals surface area (Å²) >= 11 is 0. The molecule has 0 saturated heterocycles. The molecule has 92 valence electrons. The number of alkyl carbamates (subject to hydrolysis) is 1. The highest BCUT2D eigenvalue weighted by atomic mass is 16.6. The van der Waals surface area contributed by atoms with E-state index in [-0.39, 0.29) is 24.2 Å². The van der Waals surface area contributed by atoms with Gasteiger partial charge in [-0.05, 0) is 46.0 Å². The molecule has 0 radical (unpaired) electrons. The van der Waals surface area contributed by atoms with Crippen molar-refractivity contribution < 1.29 is 14.6 Å². The van der Waals surface area contributed by atoms with Crippen LogP contribution >= 0.6 is 0 Å². The number of amides is 1. The fourth-order valence-corrected chi connectivity index (χ4v) is 2.96. The molecule has 0 aromatic heterocycles. The predicted octanol–water partition coefficient (Wildman–Crippen LogP) is 1.67. The van der Waals surface area contributed by atoms with E-state index in [0.29, 0.717) is 5.92 Å². The summed E-state index contributed by atoms with van der Waals surface area (Å²) in [5, 5.41) is 12.6. The van der Waals surface area contributed by atoms with Crippen molar-refractivity contribution in [3.63, 3.8) is 0 Å². The number of nitrogens with one attached hydrogen (secondary N) is 1. The Hall–Kier alpha value is -0.770. The van der Waals surface area contributed by atoms with Gasteiger partial charge in [0.1, 0.15) is 5.60 Å². The van der Waals surface area contributed by atoms with Crippen molar-refractivity contribution in [3.8, 4) is 0 Å². The SMILES string of the molecule is CC(C)(C)OC(=O)N[C@@H]1[C@H]2CC[C@@H]1[C@@H](O)C2. The van der Waals surface area contributed by atoms with Crippen LogP contribution in [0.4, 0.5) is 4.79 Å². The molecule has 0 spiro atoms. The largest absolute Gasteiger partial charge is 0.444 e. The Morgan fingerprint density at radius 3 is 2.50 bits per heavy atom. The van der Waals surface area contributed by atoms with Crippen molar-refractivity contribution in [1.29, 1.82) is 0 Å². The van der Waals surface area contributed by atoms with Gasteiger partial charge < -0.3 is 15.2 Å². The van der Waals surface area contributed by atoms with Gasteiger partial charge in [0.25, 0.3) is 0 Å². The molecular formula is C12H21NO3. The number of hydrogen-bond donors (Lipinski definition) is 2. The molecule has 4 nitrogen and oxygen atoms in total. The molecule has 2 aliphatic carbocycles. The second-order valence-corrected chi connectivity index (χ2v) is 5.98. The van der Waals surface area contributed by atoms with Gasteiger partial charge in [-0.15, -0.1) is 0 Å². The number of carbonyl (C=O) groups excluding carboxylic acids is 1. The third kappa shape index (κ3) is 2.32. The van der Waals surface area contributed by atoms with Gasteiger partial charge in [0, 0.05) is 12.0 Å². The average Bonchev–Trinajstić information content (AvgIpc) is 2.57. The molecule has 2 aliphatic rings. The molecule has 16 heavy (non-hydrogen) atoms. The molecular weight excluding hydrogens is 206 g/mol. The number of ether oxygens (including phenoxy) is 1. The van der Waals surface area contributed by atoms with Crippen LogP contribution in [-0.2, 0) is 4.74 Å². The number of fused-ring (bicyclic) bond motifs is 2. The summed E-state index contributed by atoms with van der Waals surface area (Å²) in [4.78, 5) is 11.6. The molecule has 0 heterocycles. The van der Waals surface area contributed by atoms with Crippen LogP contribution in [0.1, 0.15) is 40.0 Å². The summed E-state index contributed by atoms with van der Waals surface area (Å²) in [7, 11) is 0. The third-order valence-corrected chi connectivity index (χ3v) is 3.56. The first-order valence-corrected chi connectivity index (χ1v) is 6.04. The van der Waals surface area contributed by atoms with E-state index in [1.807, 2.05) is 20.8 Å². The Labute approximate surface area is 96.4 Å². The highest BCUT2D eigenvalue weighted by Crippen LogP contribution is 2.44. The molecule has 4 atom stereocenters. The fraction of sp³-hybridized carbons (Fsp3) is 0.917. The lowest BCUT2D eigenvalue weighted by Crippen LogP contribution is -2.42. The van der Waals surface area contributed by atoms with E-state index in [1.54, 1.807) is 0 Å². The van der Waals surface area contributed by atoms with Crippen molar-refractivity contribution in [3.05, 3.63) is 0 Å². The highest BCUT2D eigenvalue weighted by Gasteiger charge is 2.48. The maximum atomic E-state index is 11.6. The second kappa shape index (κ2) is 3.91. The van der Waals surface area contributed by atoms with Crippen LogP contribution in [0.3, 0.4) is 0 Å². The zero-order chi connectivity index (χ0) is 11.9. The zero-order valence-electron chi connectivity index (χ0n) is 10.2. The van der Waals surface area contributed by atoms with Gasteiger partial charge in [-0.1, -0.05) is 0 Å². The van der Waals surface area contributed by atoms with E-state index in [4.69, 9.17) is 4.74 Å². The van der Waals surface area contributed by atoms with Crippen molar-refractivity contribution >= 4 is 6.09 Å². The van der Waals surface area contributed by atoms with Gasteiger partial charge in [-0.2, -0.15) is 0 Å². The Bertz CT molecular complexity index is 284. The summed E-state index contributed by atoms with van der Waals surface area (Å²) in [6, 6.07) is 0.116. The Balaban J connectivity index is 1.89. The fourth-order valence-electron chi connectivity index (χ4n) is 2.96. The first-order chi connectivity index (χ1) is 7.37. The van der Waals surface area contributed by atoms with Crippen molar-refractivity contribution in [1.82, 2.24) is 5.32 Å². The van der Waals surface area contributed by atoms with Crippen molar-refractivity contribution in [2.75, 3.05) is 0 Å². The lowest BCUT2D eigenvalue weighted by Gasteiger charge is -2.23. The first kappa shape index (κ1) is 11.7. The second-order valence-electron chi connectivity index (χ2n) is 5.98. The minimum Gasteiger partial charge on any atom is -0.444 e. The number of hydrogen-bond acceptors (Lipinski definition) is 3. The predicted molar refractivity (Wildman–Crippen MR) is 60.0 cm³/mol. The first-order valence-electron chi connectivity index (χ1n) is 6.04. The van der Waals surface area contributed by atoms with Crippen LogP contribution in [0.15, 0.2) is 0 Å². The van der Waals surface area contributed by atoms with Crippen LogP contribution in [0, 0.1) is 11.8 Å². The zero-order valence-corrected chi connectivity index (χ0v) is 10.2.